The normalized spacial score (nSPS) is 15.4. The number of ether oxygens (including phenoxy) is 1. The Morgan fingerprint density at radius 2 is 2.32 bits per heavy atom. The molecule has 0 aliphatic heterocycles. The SMILES string of the molecule is Cn1nc(OCC2CCC2)c2ccc(C(=O)O)cc21. The van der Waals surface area contributed by atoms with Gasteiger partial charge in [-0.3, -0.25) is 4.68 Å². The van der Waals surface area contributed by atoms with Crippen LogP contribution in [0, 0.1) is 5.92 Å². The Balaban J connectivity index is 1.90. The van der Waals surface area contributed by atoms with E-state index in [0.717, 1.165) is 10.9 Å². The molecule has 1 aliphatic rings. The Kier molecular flexibility index (Phi) is 2.89. The number of hydrogen-bond acceptors (Lipinski definition) is 3. The van der Waals surface area contributed by atoms with Crippen molar-refractivity contribution >= 4 is 16.9 Å². The Bertz CT molecular complexity index is 629. The predicted molar refractivity (Wildman–Crippen MR) is 70.5 cm³/mol. The Hall–Kier alpha value is -2.04. The zero-order chi connectivity index (χ0) is 13.4. The van der Waals surface area contributed by atoms with Gasteiger partial charge < -0.3 is 9.84 Å². The smallest absolute Gasteiger partial charge is 0.335 e. The zero-order valence-electron chi connectivity index (χ0n) is 10.8. The molecule has 1 aromatic heterocycles. The number of aryl methyl sites for hydroxylation is 1. The zero-order valence-corrected chi connectivity index (χ0v) is 10.8. The number of rotatable bonds is 4. The molecule has 19 heavy (non-hydrogen) atoms. The number of carboxylic acids is 1. The van der Waals surface area contributed by atoms with Crippen molar-refractivity contribution < 1.29 is 14.6 Å². The van der Waals surface area contributed by atoms with E-state index in [4.69, 9.17) is 9.84 Å². The van der Waals surface area contributed by atoms with Crippen LogP contribution in [0.4, 0.5) is 0 Å². The van der Waals surface area contributed by atoms with E-state index >= 15 is 0 Å². The Labute approximate surface area is 110 Å². The van der Waals surface area contributed by atoms with Gasteiger partial charge in [0.15, 0.2) is 0 Å². The number of carboxylic acid groups (broad SMARTS) is 1. The molecule has 0 bridgehead atoms. The van der Waals surface area contributed by atoms with Crippen LogP contribution in [-0.2, 0) is 7.05 Å². The lowest BCUT2D eigenvalue weighted by molar-refractivity contribution is 0.0697. The fraction of sp³-hybridized carbons (Fsp3) is 0.429. The molecule has 0 atom stereocenters. The van der Waals surface area contributed by atoms with Crippen molar-refractivity contribution in [3.05, 3.63) is 23.8 Å². The summed E-state index contributed by atoms with van der Waals surface area (Å²) in [7, 11) is 1.80. The van der Waals surface area contributed by atoms with Gasteiger partial charge in [-0.05, 0) is 37.0 Å². The molecule has 2 aromatic rings. The first-order valence-electron chi connectivity index (χ1n) is 6.48. The van der Waals surface area contributed by atoms with E-state index in [-0.39, 0.29) is 5.56 Å². The summed E-state index contributed by atoms with van der Waals surface area (Å²) in [5, 5.41) is 14.2. The highest BCUT2D eigenvalue weighted by Crippen LogP contribution is 2.29. The molecule has 1 fully saturated rings. The molecule has 1 aromatic carbocycles. The van der Waals surface area contributed by atoms with Crippen molar-refractivity contribution in [1.82, 2.24) is 9.78 Å². The second kappa shape index (κ2) is 4.57. The van der Waals surface area contributed by atoms with E-state index in [1.807, 2.05) is 0 Å². The largest absolute Gasteiger partial charge is 0.478 e. The summed E-state index contributed by atoms with van der Waals surface area (Å²) in [5.41, 5.74) is 1.05. The lowest BCUT2D eigenvalue weighted by atomic mass is 9.86. The first-order valence-corrected chi connectivity index (χ1v) is 6.48. The van der Waals surface area contributed by atoms with E-state index in [1.54, 1.807) is 29.9 Å². The molecule has 1 N–H and O–H groups in total. The molecule has 100 valence electrons. The van der Waals surface area contributed by atoms with Crippen LogP contribution in [0.2, 0.25) is 0 Å². The summed E-state index contributed by atoms with van der Waals surface area (Å²) in [6, 6.07) is 4.98. The van der Waals surface area contributed by atoms with Crippen molar-refractivity contribution in [1.29, 1.82) is 0 Å². The second-order valence-electron chi connectivity index (χ2n) is 5.07. The summed E-state index contributed by atoms with van der Waals surface area (Å²) < 4.78 is 7.43. The van der Waals surface area contributed by atoms with Crippen molar-refractivity contribution in [2.24, 2.45) is 13.0 Å². The molecule has 3 rings (SSSR count). The van der Waals surface area contributed by atoms with Crippen LogP contribution < -0.4 is 4.74 Å². The summed E-state index contributed by atoms with van der Waals surface area (Å²) in [4.78, 5) is 11.0. The monoisotopic (exact) mass is 260 g/mol. The van der Waals surface area contributed by atoms with Crippen molar-refractivity contribution in [2.75, 3.05) is 6.61 Å². The van der Waals surface area contributed by atoms with Gasteiger partial charge in [0, 0.05) is 7.05 Å². The molecule has 1 saturated carbocycles. The van der Waals surface area contributed by atoms with Crippen molar-refractivity contribution in [3.63, 3.8) is 0 Å². The number of aromatic nitrogens is 2. The molecular formula is C14H16N2O3. The van der Waals surface area contributed by atoms with Crippen LogP contribution in [0.15, 0.2) is 18.2 Å². The number of carbonyl (C=O) groups is 1. The highest BCUT2D eigenvalue weighted by Gasteiger charge is 2.19. The Morgan fingerprint density at radius 1 is 1.53 bits per heavy atom. The van der Waals surface area contributed by atoms with Gasteiger partial charge in [-0.2, -0.15) is 0 Å². The number of fused-ring (bicyclic) bond motifs is 1. The standard InChI is InChI=1S/C14H16N2O3/c1-16-12-7-10(14(17)18)5-6-11(12)13(15-16)19-8-9-3-2-4-9/h5-7,9H,2-4,8H2,1H3,(H,17,18). The lowest BCUT2D eigenvalue weighted by Gasteiger charge is -2.24. The summed E-state index contributed by atoms with van der Waals surface area (Å²) in [6.45, 7) is 0.701. The minimum absolute atomic E-state index is 0.265. The average Bonchev–Trinajstić information content (AvgIpc) is 2.64. The molecular weight excluding hydrogens is 244 g/mol. The second-order valence-corrected chi connectivity index (χ2v) is 5.07. The molecule has 0 radical (unpaired) electrons. The number of benzene rings is 1. The van der Waals surface area contributed by atoms with Crippen LogP contribution in [0.3, 0.4) is 0 Å². The molecule has 5 nitrogen and oxygen atoms in total. The third-order valence-electron chi connectivity index (χ3n) is 3.75. The quantitative estimate of drug-likeness (QED) is 0.917. The van der Waals surface area contributed by atoms with Gasteiger partial charge in [-0.15, -0.1) is 5.10 Å². The van der Waals surface area contributed by atoms with Crippen molar-refractivity contribution in [3.8, 4) is 5.88 Å². The fourth-order valence-electron chi connectivity index (χ4n) is 2.32. The maximum absolute atomic E-state index is 11.0. The van der Waals surface area contributed by atoms with Crippen LogP contribution >= 0.6 is 0 Å². The summed E-state index contributed by atoms with van der Waals surface area (Å²) >= 11 is 0. The highest BCUT2D eigenvalue weighted by atomic mass is 16.5. The average molecular weight is 260 g/mol. The number of aromatic carboxylic acids is 1. The molecule has 0 unspecified atom stereocenters. The molecule has 0 saturated heterocycles. The molecule has 1 aliphatic carbocycles. The highest BCUT2D eigenvalue weighted by molar-refractivity contribution is 5.94. The topological polar surface area (TPSA) is 64.4 Å². The van der Waals surface area contributed by atoms with E-state index in [0.29, 0.717) is 18.4 Å². The van der Waals surface area contributed by atoms with Gasteiger partial charge in [0.1, 0.15) is 0 Å². The van der Waals surface area contributed by atoms with E-state index in [2.05, 4.69) is 5.10 Å². The first-order chi connectivity index (χ1) is 9.15. The number of hydrogen-bond donors (Lipinski definition) is 1. The van der Waals surface area contributed by atoms with Crippen LogP contribution in [0.25, 0.3) is 10.9 Å². The fourth-order valence-corrected chi connectivity index (χ4v) is 2.32. The Morgan fingerprint density at radius 3 is 2.95 bits per heavy atom. The van der Waals surface area contributed by atoms with Gasteiger partial charge in [0.2, 0.25) is 5.88 Å². The lowest BCUT2D eigenvalue weighted by Crippen LogP contribution is -2.19. The van der Waals surface area contributed by atoms with E-state index in [9.17, 15) is 4.79 Å². The van der Waals surface area contributed by atoms with Crippen molar-refractivity contribution in [2.45, 2.75) is 19.3 Å². The summed E-state index contributed by atoms with van der Waals surface area (Å²) in [5.74, 6) is 0.316. The first kappa shape index (κ1) is 12.0. The van der Waals surface area contributed by atoms with Gasteiger partial charge >= 0.3 is 5.97 Å². The maximum atomic E-state index is 11.0. The van der Waals surface area contributed by atoms with Gasteiger partial charge in [-0.1, -0.05) is 6.42 Å². The van der Waals surface area contributed by atoms with Gasteiger partial charge in [0.25, 0.3) is 0 Å². The predicted octanol–water partition coefficient (Wildman–Crippen LogP) is 2.45. The molecule has 1 heterocycles. The maximum Gasteiger partial charge on any atom is 0.335 e. The van der Waals surface area contributed by atoms with Crippen LogP contribution in [-0.4, -0.2) is 27.5 Å². The molecule has 5 heteroatoms. The van der Waals surface area contributed by atoms with Gasteiger partial charge in [-0.25, -0.2) is 4.79 Å². The third kappa shape index (κ3) is 2.16. The molecule has 0 amide bonds. The van der Waals surface area contributed by atoms with Crippen LogP contribution in [0.5, 0.6) is 5.88 Å². The minimum Gasteiger partial charge on any atom is -0.478 e. The van der Waals surface area contributed by atoms with E-state index in [1.165, 1.54) is 19.3 Å². The van der Waals surface area contributed by atoms with Gasteiger partial charge in [0.05, 0.1) is 23.1 Å². The number of nitrogens with zero attached hydrogens (tertiary/aromatic N) is 2. The molecule has 0 spiro atoms. The minimum atomic E-state index is -0.931. The summed E-state index contributed by atoms with van der Waals surface area (Å²) in [6.07, 6.45) is 3.75. The van der Waals surface area contributed by atoms with Crippen LogP contribution in [0.1, 0.15) is 29.6 Å². The third-order valence-corrected chi connectivity index (χ3v) is 3.75. The van der Waals surface area contributed by atoms with E-state index < -0.39 is 5.97 Å².